The first-order chi connectivity index (χ1) is 20.2. The van der Waals surface area contributed by atoms with E-state index in [4.69, 9.17) is 9.05 Å². The normalized spacial score (nSPS) is 20.4. The van der Waals surface area contributed by atoms with E-state index in [1.165, 1.54) is 5.56 Å². The first-order valence-corrected chi connectivity index (χ1v) is 17.0. The number of carbonyl (C=O) groups is 3. The van der Waals surface area contributed by atoms with Crippen LogP contribution in [0, 0.1) is 5.92 Å². The van der Waals surface area contributed by atoms with Crippen molar-refractivity contribution in [1.29, 1.82) is 0 Å². The highest BCUT2D eigenvalue weighted by atomic mass is 31.2. The average molecular weight is 610 g/mol. The van der Waals surface area contributed by atoms with Crippen LogP contribution in [0.1, 0.15) is 89.5 Å². The molecule has 1 aromatic rings. The topological polar surface area (TPSA) is 154 Å². The number of carboxylic acid groups (broad SMARTS) is 1. The summed E-state index contributed by atoms with van der Waals surface area (Å²) in [6.07, 6.45) is 5.81. The summed E-state index contributed by atoms with van der Waals surface area (Å²) >= 11 is 0. The van der Waals surface area contributed by atoms with Crippen LogP contribution in [0.2, 0.25) is 0 Å². The van der Waals surface area contributed by atoms with Crippen molar-refractivity contribution in [3.63, 3.8) is 0 Å². The number of carbonyl (C=O) groups excluding carboxylic acids is 2. The molecule has 4 atom stereocenters. The number of likely N-dealkylation sites (tertiary alicyclic amines) is 1. The maximum absolute atomic E-state index is 13.5. The van der Waals surface area contributed by atoms with E-state index in [-0.39, 0.29) is 43.8 Å². The van der Waals surface area contributed by atoms with Crippen LogP contribution in [0.3, 0.4) is 0 Å². The molecule has 0 spiro atoms. The Morgan fingerprint density at radius 1 is 1.00 bits per heavy atom. The van der Waals surface area contributed by atoms with Crippen LogP contribution >= 0.6 is 7.60 Å². The van der Waals surface area contributed by atoms with Gasteiger partial charge in [0.1, 0.15) is 6.04 Å². The Morgan fingerprint density at radius 2 is 1.67 bits per heavy atom. The van der Waals surface area contributed by atoms with E-state index in [9.17, 15) is 29.2 Å². The minimum atomic E-state index is -4.08. The predicted octanol–water partition coefficient (Wildman–Crippen LogP) is 4.85. The number of nitrogens with zero attached hydrogens (tertiary/aromatic N) is 1. The Bertz CT molecular complexity index is 1040. The smallest absolute Gasteiger partial charge is 0.405 e. The van der Waals surface area contributed by atoms with E-state index >= 15 is 0 Å². The largest absolute Gasteiger partial charge is 0.465 e. The summed E-state index contributed by atoms with van der Waals surface area (Å²) < 4.78 is 24.2. The summed E-state index contributed by atoms with van der Waals surface area (Å²) in [4.78, 5) is 40.1. The zero-order chi connectivity index (χ0) is 30.5. The molecule has 1 heterocycles. The van der Waals surface area contributed by atoms with Crippen LogP contribution in [0.4, 0.5) is 4.79 Å². The summed E-state index contributed by atoms with van der Waals surface area (Å²) in [7, 11) is -4.08. The zero-order valence-electron chi connectivity index (χ0n) is 24.9. The molecule has 0 radical (unpaired) electrons. The lowest BCUT2D eigenvalue weighted by Gasteiger charge is -2.34. The van der Waals surface area contributed by atoms with E-state index < -0.39 is 37.5 Å². The van der Waals surface area contributed by atoms with Gasteiger partial charge < -0.3 is 34.8 Å². The number of benzene rings is 1. The minimum absolute atomic E-state index is 0.00740. The fourth-order valence-electron chi connectivity index (χ4n) is 6.12. The maximum Gasteiger partial charge on any atom is 0.405 e. The summed E-state index contributed by atoms with van der Waals surface area (Å²) in [6.45, 7) is 4.44. The number of hydrogen-bond donors (Lipinski definition) is 4. The second kappa shape index (κ2) is 17.0. The first-order valence-electron chi connectivity index (χ1n) is 15.4. The van der Waals surface area contributed by atoms with Gasteiger partial charge in [-0.2, -0.15) is 0 Å². The van der Waals surface area contributed by atoms with Crippen LogP contribution < -0.4 is 10.6 Å². The lowest BCUT2D eigenvalue weighted by Crippen LogP contribution is -2.53. The zero-order valence-corrected chi connectivity index (χ0v) is 25.8. The molecular formula is C30H48N3O8P. The van der Waals surface area contributed by atoms with Crippen molar-refractivity contribution in [2.45, 2.75) is 102 Å². The molecule has 4 unspecified atom stereocenters. The molecule has 1 saturated carbocycles. The van der Waals surface area contributed by atoms with Crippen molar-refractivity contribution >= 4 is 25.5 Å². The molecular weight excluding hydrogens is 561 g/mol. The molecule has 1 aliphatic carbocycles. The van der Waals surface area contributed by atoms with Crippen LogP contribution in [0.25, 0.3) is 0 Å². The highest BCUT2D eigenvalue weighted by molar-refractivity contribution is 7.54. The van der Waals surface area contributed by atoms with E-state index in [0.29, 0.717) is 19.5 Å². The Labute approximate surface area is 249 Å². The molecule has 3 rings (SSSR count). The van der Waals surface area contributed by atoms with Gasteiger partial charge in [0, 0.05) is 25.4 Å². The predicted molar refractivity (Wildman–Crippen MR) is 159 cm³/mol. The molecule has 12 heteroatoms. The van der Waals surface area contributed by atoms with Crippen molar-refractivity contribution in [2.24, 2.45) is 5.92 Å². The maximum atomic E-state index is 13.5. The quantitative estimate of drug-likeness (QED) is 0.206. The van der Waals surface area contributed by atoms with Crippen molar-refractivity contribution in [3.8, 4) is 0 Å². The van der Waals surface area contributed by atoms with Crippen molar-refractivity contribution < 1.29 is 38.2 Å². The Morgan fingerprint density at radius 3 is 2.29 bits per heavy atom. The highest BCUT2D eigenvalue weighted by Crippen LogP contribution is 2.53. The fraction of sp³-hybridized carbons (Fsp3) is 0.700. The molecule has 2 fully saturated rings. The minimum Gasteiger partial charge on any atom is -0.465 e. The molecule has 4 N–H and O–H groups in total. The van der Waals surface area contributed by atoms with E-state index in [1.807, 2.05) is 18.2 Å². The third kappa shape index (κ3) is 10.1. The fourth-order valence-corrected chi connectivity index (χ4v) is 7.89. The van der Waals surface area contributed by atoms with Gasteiger partial charge in [0.25, 0.3) is 0 Å². The Kier molecular flexibility index (Phi) is 13.8. The third-order valence-corrected chi connectivity index (χ3v) is 10.5. The van der Waals surface area contributed by atoms with Gasteiger partial charge in [-0.1, -0.05) is 62.4 Å². The molecule has 236 valence electrons. The van der Waals surface area contributed by atoms with E-state index in [1.54, 1.807) is 18.7 Å². The van der Waals surface area contributed by atoms with Gasteiger partial charge in [0.05, 0.1) is 19.3 Å². The summed E-state index contributed by atoms with van der Waals surface area (Å²) in [5.74, 6) is -2.09. The molecule has 1 aromatic carbocycles. The van der Waals surface area contributed by atoms with Crippen LogP contribution in [-0.4, -0.2) is 77.3 Å². The first kappa shape index (κ1) is 34.0. The average Bonchev–Trinajstić information content (AvgIpc) is 2.99. The molecule has 1 aliphatic heterocycles. The number of amides is 3. The summed E-state index contributed by atoms with van der Waals surface area (Å²) in [5.41, 5.74) is 1.18. The third-order valence-electron chi connectivity index (χ3n) is 8.25. The monoisotopic (exact) mass is 609 g/mol. The molecule has 1 saturated heterocycles. The number of piperidine rings is 1. The van der Waals surface area contributed by atoms with Gasteiger partial charge in [0.2, 0.25) is 11.8 Å². The van der Waals surface area contributed by atoms with Gasteiger partial charge in [0.15, 0.2) is 5.85 Å². The second-order valence-electron chi connectivity index (χ2n) is 11.3. The molecule has 0 bridgehead atoms. The highest BCUT2D eigenvalue weighted by Gasteiger charge is 2.42. The molecule has 3 amide bonds. The van der Waals surface area contributed by atoms with Gasteiger partial charge >= 0.3 is 13.7 Å². The molecule has 0 aromatic heterocycles. The number of rotatable bonds is 15. The van der Waals surface area contributed by atoms with Gasteiger partial charge in [-0.15, -0.1) is 0 Å². The second-order valence-corrected chi connectivity index (χ2v) is 13.4. The standard InChI is InChI=1S/C30H48N3O8P/c1-3-40-42(39,41-4-2)29(36)25(31-28(35)26(32-30(37)38)20-22-12-7-5-8-13-22)17-18-27(34)33-19-11-16-24(21-33)23-14-9-6-10-15-23/h6,9-10,14-15,22,24-26,29,32,36H,3-5,7-8,11-13,16-21H2,1-2H3,(H,31,35)(H,37,38). The van der Waals surface area contributed by atoms with Crippen LogP contribution in [-0.2, 0) is 23.2 Å². The summed E-state index contributed by atoms with van der Waals surface area (Å²) in [6, 6.07) is 7.85. The van der Waals surface area contributed by atoms with E-state index in [2.05, 4.69) is 22.8 Å². The van der Waals surface area contributed by atoms with Crippen LogP contribution in [0.15, 0.2) is 30.3 Å². The SMILES string of the molecule is CCOP(=O)(OCC)C(O)C(CCC(=O)N1CCCC(c2ccccc2)C1)NC(=O)C(CC1CCCCC1)NC(=O)O. The molecule has 11 nitrogen and oxygen atoms in total. The molecule has 42 heavy (non-hydrogen) atoms. The van der Waals surface area contributed by atoms with Crippen molar-refractivity contribution in [2.75, 3.05) is 26.3 Å². The number of hydrogen-bond acceptors (Lipinski definition) is 7. The number of aliphatic hydroxyl groups is 1. The van der Waals surface area contributed by atoms with Gasteiger partial charge in [-0.05, 0) is 51.0 Å². The van der Waals surface area contributed by atoms with E-state index in [0.717, 1.165) is 44.9 Å². The Balaban J connectivity index is 1.74. The van der Waals surface area contributed by atoms with Gasteiger partial charge in [-0.3, -0.25) is 14.2 Å². The number of nitrogens with one attached hydrogen (secondary N) is 2. The van der Waals surface area contributed by atoms with Crippen LogP contribution in [0.5, 0.6) is 0 Å². The summed E-state index contributed by atoms with van der Waals surface area (Å²) in [5, 5.41) is 25.7. The number of aliphatic hydroxyl groups excluding tert-OH is 1. The Hall–Kier alpha value is -2.46. The van der Waals surface area contributed by atoms with Crippen molar-refractivity contribution in [3.05, 3.63) is 35.9 Å². The lowest BCUT2D eigenvalue weighted by molar-refractivity contribution is -0.133. The van der Waals surface area contributed by atoms with Crippen molar-refractivity contribution in [1.82, 2.24) is 15.5 Å². The lowest BCUT2D eigenvalue weighted by atomic mass is 9.84. The molecule has 2 aliphatic rings. The van der Waals surface area contributed by atoms with Gasteiger partial charge in [-0.25, -0.2) is 4.79 Å².